The maximum Gasteiger partial charge on any atom is 0.252 e. The van der Waals surface area contributed by atoms with E-state index in [-0.39, 0.29) is 6.71 Å². The Kier molecular flexibility index (Phi) is 9.70. The van der Waals surface area contributed by atoms with Crippen molar-refractivity contribution in [2.24, 2.45) is 0 Å². The van der Waals surface area contributed by atoms with E-state index in [1.807, 2.05) is 0 Å². The van der Waals surface area contributed by atoms with Crippen molar-refractivity contribution < 1.29 is 0 Å². The first-order chi connectivity index (χ1) is 38.2. The Morgan fingerprint density at radius 1 is 0.247 bits per heavy atom. The molecule has 12 aromatic carbocycles. The molecule has 2 aliphatic rings. The lowest BCUT2D eigenvalue weighted by Gasteiger charge is -2.44. The molecular formula is C72H47BN4. The van der Waals surface area contributed by atoms with E-state index in [9.17, 15) is 0 Å². The molecule has 0 radical (unpaired) electrons. The van der Waals surface area contributed by atoms with Crippen molar-refractivity contribution in [1.29, 1.82) is 0 Å². The summed E-state index contributed by atoms with van der Waals surface area (Å²) in [4.78, 5) is 5.09. The Morgan fingerprint density at radius 3 is 0.987 bits per heavy atom. The Balaban J connectivity index is 1.05. The van der Waals surface area contributed by atoms with E-state index in [2.05, 4.69) is 304 Å². The molecule has 358 valence electrons. The summed E-state index contributed by atoms with van der Waals surface area (Å²) in [5.41, 5.74) is 24.7. The van der Waals surface area contributed by atoms with Gasteiger partial charge in [-0.1, -0.05) is 188 Å². The number of para-hydroxylation sites is 6. The maximum atomic E-state index is 2.54. The molecule has 0 amide bonds. The Bertz CT molecular complexity index is 4240. The first-order valence-electron chi connectivity index (χ1n) is 26.6. The topological polar surface area (TPSA) is 16.3 Å². The van der Waals surface area contributed by atoms with Crippen molar-refractivity contribution in [2.45, 2.75) is 0 Å². The van der Waals surface area contributed by atoms with E-state index in [0.717, 1.165) is 51.1 Å². The lowest BCUT2D eigenvalue weighted by Crippen LogP contribution is -2.61. The van der Waals surface area contributed by atoms with Crippen LogP contribution >= 0.6 is 0 Å². The van der Waals surface area contributed by atoms with Gasteiger partial charge in [0.05, 0.1) is 22.1 Å². The molecule has 0 atom stereocenters. The maximum absolute atomic E-state index is 2.54. The smallest absolute Gasteiger partial charge is 0.252 e. The second-order valence-corrected chi connectivity index (χ2v) is 20.4. The predicted molar refractivity (Wildman–Crippen MR) is 325 cm³/mol. The molecular weight excluding hydrogens is 932 g/mol. The van der Waals surface area contributed by atoms with E-state index >= 15 is 0 Å². The molecule has 0 N–H and O–H groups in total. The summed E-state index contributed by atoms with van der Waals surface area (Å²) in [5, 5.41) is 4.98. The number of aromatic nitrogens is 2. The van der Waals surface area contributed by atoms with Gasteiger partial charge in [0.1, 0.15) is 0 Å². The van der Waals surface area contributed by atoms with Gasteiger partial charge in [0, 0.05) is 67.0 Å². The molecule has 0 spiro atoms. The highest BCUT2D eigenvalue weighted by Gasteiger charge is 2.44. The molecule has 0 unspecified atom stereocenters. The molecule has 77 heavy (non-hydrogen) atoms. The summed E-state index contributed by atoms with van der Waals surface area (Å²) in [7, 11) is 0. The number of fused-ring (bicyclic) bond motifs is 10. The standard InChI is InChI=1S/C72H47BN4/c1-5-22-48(23-6-1)55-34-21-35-56(49-24-7-2-8-25-49)71(55)50-44-69-72-70(45-50)75(52-28-11-4-12-29-52)68-43-41-54(77-65-38-19-15-32-59(65)60-33-16-20-39-66(60)77)47-62(68)73(72)61-46-53(40-42-67(61)74(69)51-26-9-3-10-27-51)76-63-36-17-13-30-57(63)58-31-14-18-37-64(58)76/h1-47H. The SMILES string of the molecule is c1ccc(-c2cccc(-c3ccccc3)c2-c2cc3c4c(c2)N(c2ccccc2)c2ccc(-n5c6ccccc6c6ccccc65)cc2B4c2cc(-n4c5ccccc5c5ccccc54)ccc2N3c2ccccc2)cc1. The number of hydrogen-bond donors (Lipinski definition) is 0. The van der Waals surface area contributed by atoms with Crippen LogP contribution in [0.1, 0.15) is 0 Å². The minimum absolute atomic E-state index is 0.169. The van der Waals surface area contributed by atoms with Gasteiger partial charge in [0.2, 0.25) is 0 Å². The van der Waals surface area contributed by atoms with Crippen molar-refractivity contribution in [3.05, 3.63) is 285 Å². The van der Waals surface area contributed by atoms with Crippen molar-refractivity contribution in [2.75, 3.05) is 9.80 Å². The number of rotatable bonds is 7. The highest BCUT2D eigenvalue weighted by atomic mass is 15.2. The third kappa shape index (κ3) is 6.60. The number of nitrogens with zero attached hydrogens (tertiary/aromatic N) is 4. The molecule has 0 aliphatic carbocycles. The van der Waals surface area contributed by atoms with E-state index in [4.69, 9.17) is 0 Å². The fourth-order valence-electron chi connectivity index (χ4n) is 13.1. The minimum atomic E-state index is -0.169. The molecule has 5 heteroatoms. The molecule has 16 rings (SSSR count). The van der Waals surface area contributed by atoms with Crippen LogP contribution in [0.15, 0.2) is 285 Å². The van der Waals surface area contributed by atoms with Crippen LogP contribution in [0, 0.1) is 0 Å². The van der Waals surface area contributed by atoms with Gasteiger partial charge < -0.3 is 18.9 Å². The summed E-state index contributed by atoms with van der Waals surface area (Å²) in [5.74, 6) is 0. The van der Waals surface area contributed by atoms with Crippen molar-refractivity contribution in [3.63, 3.8) is 0 Å². The zero-order valence-electron chi connectivity index (χ0n) is 42.0. The number of benzene rings is 12. The summed E-state index contributed by atoms with van der Waals surface area (Å²) in [6.45, 7) is -0.169. The van der Waals surface area contributed by atoms with Crippen LogP contribution in [-0.4, -0.2) is 15.8 Å². The normalized spacial score (nSPS) is 12.6. The van der Waals surface area contributed by atoms with E-state index in [1.165, 1.54) is 87.8 Å². The molecule has 4 heterocycles. The number of hydrogen-bond acceptors (Lipinski definition) is 2. The average Bonchev–Trinajstić information content (AvgIpc) is 4.10. The van der Waals surface area contributed by atoms with E-state index in [1.54, 1.807) is 0 Å². The Morgan fingerprint density at radius 2 is 0.597 bits per heavy atom. The summed E-state index contributed by atoms with van der Waals surface area (Å²) in [6.07, 6.45) is 0. The highest BCUT2D eigenvalue weighted by Crippen LogP contribution is 2.50. The molecule has 14 aromatic rings. The van der Waals surface area contributed by atoms with Gasteiger partial charge in [-0.2, -0.15) is 0 Å². The van der Waals surface area contributed by atoms with Gasteiger partial charge in [0.25, 0.3) is 6.71 Å². The van der Waals surface area contributed by atoms with Crippen LogP contribution in [0.5, 0.6) is 0 Å². The fraction of sp³-hybridized carbons (Fsp3) is 0. The van der Waals surface area contributed by atoms with E-state index < -0.39 is 0 Å². The van der Waals surface area contributed by atoms with Gasteiger partial charge in [-0.25, -0.2) is 0 Å². The first kappa shape index (κ1) is 43.3. The van der Waals surface area contributed by atoms with Crippen LogP contribution in [0.4, 0.5) is 34.1 Å². The van der Waals surface area contributed by atoms with Crippen molar-refractivity contribution >= 4 is 101 Å². The number of anilines is 6. The zero-order valence-corrected chi connectivity index (χ0v) is 42.0. The zero-order chi connectivity index (χ0) is 50.6. The molecule has 2 aromatic heterocycles. The minimum Gasteiger partial charge on any atom is -0.311 e. The monoisotopic (exact) mass is 978 g/mol. The first-order valence-corrected chi connectivity index (χ1v) is 26.6. The molecule has 2 aliphatic heterocycles. The van der Waals surface area contributed by atoms with Crippen molar-refractivity contribution in [1.82, 2.24) is 9.13 Å². The van der Waals surface area contributed by atoms with Gasteiger partial charge in [0.15, 0.2) is 0 Å². The van der Waals surface area contributed by atoms with Gasteiger partial charge >= 0.3 is 0 Å². The average molecular weight is 979 g/mol. The molecule has 0 saturated heterocycles. The summed E-state index contributed by atoms with van der Waals surface area (Å²) < 4.78 is 4.94. The fourth-order valence-corrected chi connectivity index (χ4v) is 13.1. The lowest BCUT2D eigenvalue weighted by molar-refractivity contribution is 1.17. The van der Waals surface area contributed by atoms with Crippen LogP contribution in [0.2, 0.25) is 0 Å². The third-order valence-electron chi connectivity index (χ3n) is 16.3. The van der Waals surface area contributed by atoms with Crippen LogP contribution in [0.25, 0.3) is 88.4 Å². The van der Waals surface area contributed by atoms with Crippen LogP contribution in [-0.2, 0) is 0 Å². The second kappa shape index (κ2) is 17.2. The Labute approximate surface area is 447 Å². The van der Waals surface area contributed by atoms with E-state index in [0.29, 0.717) is 0 Å². The van der Waals surface area contributed by atoms with Gasteiger partial charge in [-0.15, -0.1) is 0 Å². The largest absolute Gasteiger partial charge is 0.311 e. The predicted octanol–water partition coefficient (Wildman–Crippen LogP) is 17.0. The van der Waals surface area contributed by atoms with Gasteiger partial charge in [-0.05, 0) is 147 Å². The quantitative estimate of drug-likeness (QED) is 0.148. The van der Waals surface area contributed by atoms with Crippen LogP contribution in [0.3, 0.4) is 0 Å². The Hall–Kier alpha value is -10.1. The second-order valence-electron chi connectivity index (χ2n) is 20.4. The molecule has 4 nitrogen and oxygen atoms in total. The summed E-state index contributed by atoms with van der Waals surface area (Å²) >= 11 is 0. The van der Waals surface area contributed by atoms with Crippen LogP contribution < -0.4 is 26.2 Å². The summed E-state index contributed by atoms with van der Waals surface area (Å²) in [6, 6.07) is 105. The molecule has 0 fully saturated rings. The third-order valence-corrected chi connectivity index (χ3v) is 16.3. The lowest BCUT2D eigenvalue weighted by atomic mass is 9.33. The molecule has 0 bridgehead atoms. The highest BCUT2D eigenvalue weighted by molar-refractivity contribution is 7.00. The molecule has 0 saturated carbocycles. The van der Waals surface area contributed by atoms with Crippen molar-refractivity contribution in [3.8, 4) is 44.8 Å². The van der Waals surface area contributed by atoms with Gasteiger partial charge in [-0.3, -0.25) is 0 Å².